The number of benzene rings is 1. The minimum atomic E-state index is -4.43. The van der Waals surface area contributed by atoms with Gasteiger partial charge in [-0.2, -0.15) is 13.2 Å². The predicted octanol–water partition coefficient (Wildman–Crippen LogP) is 3.77. The highest BCUT2D eigenvalue weighted by Gasteiger charge is 2.27. The lowest BCUT2D eigenvalue weighted by Crippen LogP contribution is -2.19. The van der Waals surface area contributed by atoms with E-state index in [4.69, 9.17) is 9.84 Å². The molecule has 0 fully saturated rings. The molecule has 1 N–H and O–H groups in total. The number of carbonyl (C=O) groups is 1. The molecule has 0 spiro atoms. The smallest absolute Gasteiger partial charge is 0.411 e. The molecule has 0 radical (unpaired) electrons. The lowest BCUT2D eigenvalue weighted by atomic mass is 10.1. The molecule has 0 heterocycles. The molecule has 0 saturated carbocycles. The van der Waals surface area contributed by atoms with Crippen molar-refractivity contribution in [2.24, 2.45) is 0 Å². The summed E-state index contributed by atoms with van der Waals surface area (Å²) in [7, 11) is 0. The summed E-state index contributed by atoms with van der Waals surface area (Å²) in [5.74, 6) is -0.884. The Morgan fingerprint density at radius 2 is 2.10 bits per heavy atom. The summed E-state index contributed by atoms with van der Waals surface area (Å²) in [5, 5.41) is 8.62. The average Bonchev–Trinajstić information content (AvgIpc) is 2.32. The highest BCUT2D eigenvalue weighted by molar-refractivity contribution is 9.10. The molecule has 0 bridgehead atoms. The average molecular weight is 369 g/mol. The van der Waals surface area contributed by atoms with E-state index >= 15 is 0 Å². The first-order valence-electron chi connectivity index (χ1n) is 5.67. The van der Waals surface area contributed by atoms with Gasteiger partial charge in [-0.25, -0.2) is 4.79 Å². The Morgan fingerprint density at radius 3 is 2.67 bits per heavy atom. The fourth-order valence-electron chi connectivity index (χ4n) is 1.50. The van der Waals surface area contributed by atoms with E-state index in [2.05, 4.69) is 20.7 Å². The first-order chi connectivity index (χ1) is 9.69. The second kappa shape index (κ2) is 7.46. The van der Waals surface area contributed by atoms with Crippen molar-refractivity contribution < 1.29 is 32.5 Å². The molecular weight excluding hydrogens is 357 g/mol. The van der Waals surface area contributed by atoms with E-state index in [9.17, 15) is 18.0 Å². The molecule has 1 rings (SSSR count). The van der Waals surface area contributed by atoms with Crippen LogP contribution in [0.25, 0.3) is 6.08 Å². The molecule has 116 valence electrons. The fourth-order valence-corrected chi connectivity index (χ4v) is 2.09. The van der Waals surface area contributed by atoms with Crippen molar-refractivity contribution in [3.8, 4) is 5.75 Å². The van der Waals surface area contributed by atoms with Gasteiger partial charge in [-0.05, 0) is 30.7 Å². The summed E-state index contributed by atoms with van der Waals surface area (Å²) in [6.07, 6.45) is -2.23. The van der Waals surface area contributed by atoms with Crippen molar-refractivity contribution in [3.05, 3.63) is 33.8 Å². The predicted molar refractivity (Wildman–Crippen MR) is 73.1 cm³/mol. The van der Waals surface area contributed by atoms with Gasteiger partial charge in [-0.3, -0.25) is 0 Å². The van der Waals surface area contributed by atoms with Crippen LogP contribution in [-0.4, -0.2) is 30.7 Å². The van der Waals surface area contributed by atoms with Gasteiger partial charge in [0, 0.05) is 16.1 Å². The molecule has 0 unspecified atom stereocenters. The summed E-state index contributed by atoms with van der Waals surface area (Å²) >= 11 is 3.25. The molecule has 0 aliphatic carbocycles. The first kappa shape index (κ1) is 17.5. The van der Waals surface area contributed by atoms with E-state index in [1.165, 1.54) is 6.08 Å². The maximum atomic E-state index is 11.9. The summed E-state index contributed by atoms with van der Waals surface area (Å²) in [6.45, 7) is -0.319. The molecule has 0 amide bonds. The molecule has 0 atom stereocenters. The summed E-state index contributed by atoms with van der Waals surface area (Å²) in [6, 6.07) is 3.28. The Balaban J connectivity index is 2.82. The van der Waals surface area contributed by atoms with Crippen molar-refractivity contribution in [3.63, 3.8) is 0 Å². The van der Waals surface area contributed by atoms with Gasteiger partial charge in [0.25, 0.3) is 0 Å². The number of aryl methyl sites for hydroxylation is 1. The zero-order valence-electron chi connectivity index (χ0n) is 10.9. The van der Waals surface area contributed by atoms with Gasteiger partial charge in [0.1, 0.15) is 12.4 Å². The maximum Gasteiger partial charge on any atom is 0.411 e. The van der Waals surface area contributed by atoms with Crippen LogP contribution in [0.1, 0.15) is 11.1 Å². The molecule has 0 aliphatic heterocycles. The van der Waals surface area contributed by atoms with E-state index in [0.29, 0.717) is 15.6 Å². The number of ether oxygens (including phenoxy) is 2. The quantitative estimate of drug-likeness (QED) is 0.471. The van der Waals surface area contributed by atoms with Crippen LogP contribution in [-0.2, 0) is 9.53 Å². The minimum absolute atomic E-state index is 0.262. The molecule has 4 nitrogen and oxygen atoms in total. The van der Waals surface area contributed by atoms with Crippen molar-refractivity contribution in [1.82, 2.24) is 0 Å². The number of hydrogen-bond donors (Lipinski definition) is 1. The number of rotatable bonds is 6. The Hall–Kier alpha value is -1.54. The van der Waals surface area contributed by atoms with Crippen LogP contribution in [0.5, 0.6) is 5.75 Å². The lowest BCUT2D eigenvalue weighted by molar-refractivity contribution is -0.186. The van der Waals surface area contributed by atoms with E-state index in [0.717, 1.165) is 6.08 Å². The Bertz CT molecular complexity index is 541. The number of alkyl halides is 3. The Labute approximate surface area is 127 Å². The van der Waals surface area contributed by atoms with Crippen molar-refractivity contribution in [2.75, 3.05) is 13.4 Å². The van der Waals surface area contributed by atoms with E-state index in [1.54, 1.807) is 19.1 Å². The van der Waals surface area contributed by atoms with E-state index in [-0.39, 0.29) is 5.75 Å². The molecule has 0 aliphatic rings. The Kier molecular flexibility index (Phi) is 6.22. The third-order valence-corrected chi connectivity index (χ3v) is 2.68. The third kappa shape index (κ3) is 6.63. The van der Waals surface area contributed by atoms with Gasteiger partial charge in [0.2, 0.25) is 0 Å². The second-order valence-corrected chi connectivity index (χ2v) is 4.95. The summed E-state index contributed by atoms with van der Waals surface area (Å²) in [5.41, 5.74) is 1.05. The van der Waals surface area contributed by atoms with Gasteiger partial charge in [-0.1, -0.05) is 15.9 Å². The van der Waals surface area contributed by atoms with Crippen molar-refractivity contribution in [1.29, 1.82) is 0 Å². The number of carboxylic acid groups (broad SMARTS) is 1. The second-order valence-electron chi connectivity index (χ2n) is 4.04. The number of carboxylic acids is 1. The molecule has 1 aromatic rings. The van der Waals surface area contributed by atoms with Gasteiger partial charge in [0.05, 0.1) is 0 Å². The van der Waals surface area contributed by atoms with Crippen molar-refractivity contribution >= 4 is 28.0 Å². The first-order valence-corrected chi connectivity index (χ1v) is 6.47. The number of aliphatic carboxylic acids is 1. The molecular formula is C13H12BrF3O4. The topological polar surface area (TPSA) is 55.8 Å². The SMILES string of the molecule is Cc1cc(Br)cc(/C=C/C(=O)O)c1OCOCC(F)(F)F. The fraction of sp³-hybridized carbons (Fsp3) is 0.308. The zero-order chi connectivity index (χ0) is 16.0. The van der Waals surface area contributed by atoms with Crippen LogP contribution < -0.4 is 4.74 Å². The highest BCUT2D eigenvalue weighted by Crippen LogP contribution is 2.29. The van der Waals surface area contributed by atoms with E-state index in [1.807, 2.05) is 0 Å². The lowest BCUT2D eigenvalue weighted by Gasteiger charge is -2.14. The van der Waals surface area contributed by atoms with Crippen LogP contribution in [0.3, 0.4) is 0 Å². The summed E-state index contributed by atoms with van der Waals surface area (Å²) in [4.78, 5) is 10.5. The largest absolute Gasteiger partial charge is 0.478 e. The number of hydrogen-bond acceptors (Lipinski definition) is 3. The van der Waals surface area contributed by atoms with Crippen LogP contribution >= 0.6 is 15.9 Å². The van der Waals surface area contributed by atoms with Gasteiger partial charge < -0.3 is 14.6 Å². The molecule has 1 aromatic carbocycles. The monoisotopic (exact) mass is 368 g/mol. The standard InChI is InChI=1S/C13H12BrF3O4/c1-8-4-10(14)5-9(2-3-11(18)19)12(8)21-7-20-6-13(15,16)17/h2-5H,6-7H2,1H3,(H,18,19)/b3-2+. The zero-order valence-corrected chi connectivity index (χ0v) is 12.5. The number of halogens is 4. The maximum absolute atomic E-state index is 11.9. The highest BCUT2D eigenvalue weighted by atomic mass is 79.9. The van der Waals surface area contributed by atoms with Gasteiger partial charge in [0.15, 0.2) is 6.79 Å². The minimum Gasteiger partial charge on any atom is -0.478 e. The van der Waals surface area contributed by atoms with Gasteiger partial charge >= 0.3 is 12.1 Å². The molecule has 0 aromatic heterocycles. The third-order valence-electron chi connectivity index (χ3n) is 2.23. The van der Waals surface area contributed by atoms with Crippen LogP contribution in [0.2, 0.25) is 0 Å². The van der Waals surface area contributed by atoms with Crippen LogP contribution in [0.15, 0.2) is 22.7 Å². The molecule has 0 saturated heterocycles. The normalized spacial score (nSPS) is 11.9. The van der Waals surface area contributed by atoms with E-state index < -0.39 is 25.5 Å². The Morgan fingerprint density at radius 1 is 1.43 bits per heavy atom. The van der Waals surface area contributed by atoms with Crippen molar-refractivity contribution in [2.45, 2.75) is 13.1 Å². The van der Waals surface area contributed by atoms with Gasteiger partial charge in [-0.15, -0.1) is 0 Å². The van der Waals surface area contributed by atoms with Crippen LogP contribution in [0.4, 0.5) is 13.2 Å². The summed E-state index contributed by atoms with van der Waals surface area (Å²) < 4.78 is 46.0. The molecule has 21 heavy (non-hydrogen) atoms. The molecule has 8 heteroatoms. The van der Waals surface area contributed by atoms with Crippen LogP contribution in [0, 0.1) is 6.92 Å².